The molecule has 122 valence electrons. The molecule has 1 aliphatic rings. The zero-order valence-corrected chi connectivity index (χ0v) is 14.0. The number of hydrogen-bond donors (Lipinski definition) is 1. The molecule has 1 unspecified atom stereocenters. The van der Waals surface area contributed by atoms with Crippen molar-refractivity contribution in [2.45, 2.75) is 39.7 Å². The van der Waals surface area contributed by atoms with Gasteiger partial charge in [0, 0.05) is 31.7 Å². The van der Waals surface area contributed by atoms with Crippen LogP contribution in [-0.4, -0.2) is 38.3 Å². The monoisotopic (exact) mass is 304 g/mol. The fraction of sp³-hybridized carbons (Fsp3) is 0.611. The number of amides is 1. The average Bonchev–Trinajstić information content (AvgIpc) is 2.47. The van der Waals surface area contributed by atoms with Crippen molar-refractivity contribution in [3.8, 4) is 0 Å². The zero-order valence-electron chi connectivity index (χ0n) is 14.0. The highest BCUT2D eigenvalue weighted by Crippen LogP contribution is 2.19. The molecule has 0 radical (unpaired) electrons. The predicted molar refractivity (Wildman–Crippen MR) is 90.1 cm³/mol. The molecule has 2 rings (SSSR count). The molecule has 0 aliphatic carbocycles. The lowest BCUT2D eigenvalue weighted by Gasteiger charge is -2.34. The number of para-hydroxylation sites is 1. The Labute approximate surface area is 133 Å². The van der Waals surface area contributed by atoms with Gasteiger partial charge in [-0.1, -0.05) is 39.0 Å². The zero-order chi connectivity index (χ0) is 16.0. The maximum Gasteiger partial charge on any atom is 0.220 e. The molecule has 0 saturated carbocycles. The van der Waals surface area contributed by atoms with Crippen LogP contribution in [0.2, 0.25) is 0 Å². The van der Waals surface area contributed by atoms with Gasteiger partial charge < -0.3 is 15.0 Å². The van der Waals surface area contributed by atoms with E-state index in [9.17, 15) is 4.79 Å². The Kier molecular flexibility index (Phi) is 5.83. The van der Waals surface area contributed by atoms with Gasteiger partial charge in [-0.2, -0.15) is 0 Å². The molecule has 1 aromatic rings. The lowest BCUT2D eigenvalue weighted by molar-refractivity contribution is -0.122. The molecule has 1 amide bonds. The average molecular weight is 304 g/mol. The first-order valence-corrected chi connectivity index (χ1v) is 8.12. The summed E-state index contributed by atoms with van der Waals surface area (Å²) in [6, 6.07) is 10.4. The molecule has 0 bridgehead atoms. The first-order chi connectivity index (χ1) is 10.4. The standard InChI is InChI=1S/C18H28N2O2/c1-18(2,3)13-17(21)19-10-9-16-14-20(11-12-22-16)15-7-5-4-6-8-15/h4-8,16H,9-14H2,1-3H3,(H,19,21). The molecule has 1 N–H and O–H groups in total. The normalized spacial score (nSPS) is 19.0. The summed E-state index contributed by atoms with van der Waals surface area (Å²) in [7, 11) is 0. The SMILES string of the molecule is CC(C)(C)CC(=O)NCCC1CN(c2ccccc2)CCO1. The van der Waals surface area contributed by atoms with Gasteiger partial charge in [0.15, 0.2) is 0 Å². The highest BCUT2D eigenvalue weighted by atomic mass is 16.5. The van der Waals surface area contributed by atoms with Crippen LogP contribution < -0.4 is 10.2 Å². The van der Waals surface area contributed by atoms with Crippen LogP contribution in [0.1, 0.15) is 33.6 Å². The number of anilines is 1. The third-order valence-corrected chi connectivity index (χ3v) is 3.74. The van der Waals surface area contributed by atoms with Gasteiger partial charge in [0.25, 0.3) is 0 Å². The van der Waals surface area contributed by atoms with Gasteiger partial charge in [-0.15, -0.1) is 0 Å². The number of ether oxygens (including phenoxy) is 1. The van der Waals surface area contributed by atoms with E-state index in [4.69, 9.17) is 4.74 Å². The van der Waals surface area contributed by atoms with Crippen molar-refractivity contribution < 1.29 is 9.53 Å². The Balaban J connectivity index is 1.73. The molecule has 1 heterocycles. The lowest BCUT2D eigenvalue weighted by atomic mass is 9.92. The quantitative estimate of drug-likeness (QED) is 0.909. The van der Waals surface area contributed by atoms with E-state index < -0.39 is 0 Å². The summed E-state index contributed by atoms with van der Waals surface area (Å²) in [5.74, 6) is 0.128. The molecule has 4 nitrogen and oxygen atoms in total. The van der Waals surface area contributed by atoms with Gasteiger partial charge >= 0.3 is 0 Å². The molecular weight excluding hydrogens is 276 g/mol. The Hall–Kier alpha value is -1.55. The van der Waals surface area contributed by atoms with Crippen molar-refractivity contribution in [3.05, 3.63) is 30.3 Å². The van der Waals surface area contributed by atoms with Crippen LogP contribution in [-0.2, 0) is 9.53 Å². The van der Waals surface area contributed by atoms with Crippen molar-refractivity contribution in [1.29, 1.82) is 0 Å². The number of carbonyl (C=O) groups excluding carboxylic acids is 1. The maximum atomic E-state index is 11.8. The molecule has 0 spiro atoms. The number of rotatable bonds is 5. The van der Waals surface area contributed by atoms with Crippen LogP contribution in [0.4, 0.5) is 5.69 Å². The molecule has 0 aromatic heterocycles. The van der Waals surface area contributed by atoms with Gasteiger partial charge in [0.05, 0.1) is 12.7 Å². The summed E-state index contributed by atoms with van der Waals surface area (Å²) in [5.41, 5.74) is 1.28. The Bertz CT molecular complexity index is 468. The molecular formula is C18H28N2O2. The van der Waals surface area contributed by atoms with E-state index in [1.807, 2.05) is 6.07 Å². The summed E-state index contributed by atoms with van der Waals surface area (Å²) in [5, 5.41) is 3.00. The maximum absolute atomic E-state index is 11.8. The van der Waals surface area contributed by atoms with Crippen LogP contribution in [0.15, 0.2) is 30.3 Å². The summed E-state index contributed by atoms with van der Waals surface area (Å²) < 4.78 is 5.82. The van der Waals surface area contributed by atoms with Crippen molar-refractivity contribution in [2.75, 3.05) is 31.1 Å². The van der Waals surface area contributed by atoms with Gasteiger partial charge in [-0.3, -0.25) is 4.79 Å². The van der Waals surface area contributed by atoms with Crippen molar-refractivity contribution in [1.82, 2.24) is 5.32 Å². The fourth-order valence-electron chi connectivity index (χ4n) is 2.68. The van der Waals surface area contributed by atoms with E-state index in [-0.39, 0.29) is 17.4 Å². The Morgan fingerprint density at radius 3 is 2.73 bits per heavy atom. The van der Waals surface area contributed by atoms with E-state index in [1.54, 1.807) is 0 Å². The summed E-state index contributed by atoms with van der Waals surface area (Å²) in [6.07, 6.45) is 1.61. The van der Waals surface area contributed by atoms with Crippen LogP contribution in [0.25, 0.3) is 0 Å². The summed E-state index contributed by atoms with van der Waals surface area (Å²) in [6.45, 7) is 9.48. The van der Waals surface area contributed by atoms with Crippen LogP contribution in [0.5, 0.6) is 0 Å². The van der Waals surface area contributed by atoms with E-state index in [2.05, 4.69) is 55.3 Å². The highest BCUT2D eigenvalue weighted by Gasteiger charge is 2.21. The topological polar surface area (TPSA) is 41.6 Å². The number of benzene rings is 1. The van der Waals surface area contributed by atoms with Gasteiger partial charge in [-0.25, -0.2) is 0 Å². The summed E-state index contributed by atoms with van der Waals surface area (Å²) in [4.78, 5) is 14.2. The molecule has 4 heteroatoms. The minimum absolute atomic E-state index is 0.0372. The minimum atomic E-state index is 0.0372. The third kappa shape index (κ3) is 5.68. The van der Waals surface area contributed by atoms with Crippen LogP contribution in [0, 0.1) is 5.41 Å². The van der Waals surface area contributed by atoms with E-state index >= 15 is 0 Å². The minimum Gasteiger partial charge on any atom is -0.374 e. The summed E-state index contributed by atoms with van der Waals surface area (Å²) >= 11 is 0. The van der Waals surface area contributed by atoms with Crippen LogP contribution in [0.3, 0.4) is 0 Å². The molecule has 22 heavy (non-hydrogen) atoms. The van der Waals surface area contributed by atoms with Crippen LogP contribution >= 0.6 is 0 Å². The van der Waals surface area contributed by atoms with E-state index in [1.165, 1.54) is 5.69 Å². The molecule has 1 aromatic carbocycles. The molecule has 1 fully saturated rings. The molecule has 1 atom stereocenters. The van der Waals surface area contributed by atoms with Crippen molar-refractivity contribution in [2.24, 2.45) is 5.41 Å². The number of morpholine rings is 1. The highest BCUT2D eigenvalue weighted by molar-refractivity contribution is 5.76. The second-order valence-electron chi connectivity index (χ2n) is 7.15. The lowest BCUT2D eigenvalue weighted by Crippen LogP contribution is -2.44. The molecule has 1 saturated heterocycles. The number of carbonyl (C=O) groups is 1. The Morgan fingerprint density at radius 2 is 2.05 bits per heavy atom. The number of hydrogen-bond acceptors (Lipinski definition) is 3. The second-order valence-corrected chi connectivity index (χ2v) is 7.15. The van der Waals surface area contributed by atoms with E-state index in [0.717, 1.165) is 26.1 Å². The van der Waals surface area contributed by atoms with Crippen molar-refractivity contribution >= 4 is 11.6 Å². The van der Waals surface area contributed by atoms with E-state index in [0.29, 0.717) is 13.0 Å². The first-order valence-electron chi connectivity index (χ1n) is 8.12. The van der Waals surface area contributed by atoms with Gasteiger partial charge in [-0.05, 0) is 24.0 Å². The third-order valence-electron chi connectivity index (χ3n) is 3.74. The first kappa shape index (κ1) is 16.8. The Morgan fingerprint density at radius 1 is 1.32 bits per heavy atom. The second kappa shape index (κ2) is 7.63. The largest absolute Gasteiger partial charge is 0.374 e. The number of nitrogens with zero attached hydrogens (tertiary/aromatic N) is 1. The number of nitrogens with one attached hydrogen (secondary N) is 1. The van der Waals surface area contributed by atoms with Gasteiger partial charge in [0.2, 0.25) is 5.91 Å². The molecule has 1 aliphatic heterocycles. The van der Waals surface area contributed by atoms with Gasteiger partial charge in [0.1, 0.15) is 0 Å². The predicted octanol–water partition coefficient (Wildman–Crippen LogP) is 2.83. The van der Waals surface area contributed by atoms with Crippen molar-refractivity contribution in [3.63, 3.8) is 0 Å². The smallest absolute Gasteiger partial charge is 0.220 e. The fourth-order valence-corrected chi connectivity index (χ4v) is 2.68.